The quantitative estimate of drug-likeness (QED) is 0.807. The lowest BCUT2D eigenvalue weighted by Crippen LogP contribution is -2.26. The summed E-state index contributed by atoms with van der Waals surface area (Å²) in [5.74, 6) is 0.613. The van der Waals surface area contributed by atoms with Crippen molar-refractivity contribution in [1.29, 1.82) is 0 Å². The smallest absolute Gasteiger partial charge is 0.165 e. The highest BCUT2D eigenvalue weighted by Gasteiger charge is 2.16. The van der Waals surface area contributed by atoms with Crippen molar-refractivity contribution >= 4 is 0 Å². The molecule has 0 bridgehead atoms. The van der Waals surface area contributed by atoms with E-state index < -0.39 is 0 Å². The highest BCUT2D eigenvalue weighted by molar-refractivity contribution is 5.32. The first-order chi connectivity index (χ1) is 7.31. The van der Waals surface area contributed by atoms with Crippen LogP contribution in [-0.4, -0.2) is 20.2 Å². The first-order valence-electron chi connectivity index (χ1n) is 5.35. The van der Waals surface area contributed by atoms with Gasteiger partial charge in [-0.15, -0.1) is 0 Å². The van der Waals surface area contributed by atoms with Crippen LogP contribution in [0, 0.1) is 5.82 Å². The molecule has 2 rings (SSSR count). The van der Waals surface area contributed by atoms with E-state index in [0.717, 1.165) is 25.9 Å². The van der Waals surface area contributed by atoms with Crippen molar-refractivity contribution in [1.82, 2.24) is 5.32 Å². The molecule has 2 nitrogen and oxygen atoms in total. The van der Waals surface area contributed by atoms with E-state index in [4.69, 9.17) is 4.74 Å². The Labute approximate surface area is 89.4 Å². The van der Waals surface area contributed by atoms with Crippen molar-refractivity contribution in [3.63, 3.8) is 0 Å². The van der Waals surface area contributed by atoms with E-state index in [1.54, 1.807) is 0 Å². The Kier molecular flexibility index (Phi) is 3.21. The van der Waals surface area contributed by atoms with Gasteiger partial charge in [-0.1, -0.05) is 6.07 Å². The number of piperidine rings is 1. The van der Waals surface area contributed by atoms with Crippen LogP contribution in [0.3, 0.4) is 0 Å². The first kappa shape index (κ1) is 10.4. The zero-order valence-electron chi connectivity index (χ0n) is 8.92. The molecule has 1 saturated heterocycles. The molecule has 1 aromatic carbocycles. The van der Waals surface area contributed by atoms with Gasteiger partial charge in [0.25, 0.3) is 0 Å². The van der Waals surface area contributed by atoms with Crippen molar-refractivity contribution < 1.29 is 9.13 Å². The molecule has 0 aromatic heterocycles. The van der Waals surface area contributed by atoms with Gasteiger partial charge in [-0.2, -0.15) is 0 Å². The zero-order valence-corrected chi connectivity index (χ0v) is 8.92. The number of nitrogens with one attached hydrogen (secondary N) is 1. The molecule has 0 unspecified atom stereocenters. The number of hydrogen-bond acceptors (Lipinski definition) is 2. The number of methoxy groups -OCH3 is 1. The second kappa shape index (κ2) is 4.62. The minimum Gasteiger partial charge on any atom is -0.494 e. The molecule has 1 aliphatic rings. The summed E-state index contributed by atoms with van der Waals surface area (Å²) in [6, 6.07) is 5.19. The van der Waals surface area contributed by atoms with Crippen LogP contribution in [0.4, 0.5) is 4.39 Å². The van der Waals surface area contributed by atoms with E-state index in [1.165, 1.54) is 18.7 Å². The van der Waals surface area contributed by atoms with Crippen molar-refractivity contribution in [2.24, 2.45) is 0 Å². The predicted molar refractivity (Wildman–Crippen MR) is 57.8 cm³/mol. The summed E-state index contributed by atoms with van der Waals surface area (Å²) >= 11 is 0. The van der Waals surface area contributed by atoms with Gasteiger partial charge in [-0.05, 0) is 49.5 Å². The Morgan fingerprint density at radius 3 is 2.73 bits per heavy atom. The van der Waals surface area contributed by atoms with Gasteiger partial charge in [0, 0.05) is 0 Å². The second-order valence-electron chi connectivity index (χ2n) is 3.92. The van der Waals surface area contributed by atoms with Gasteiger partial charge in [0.15, 0.2) is 11.6 Å². The summed E-state index contributed by atoms with van der Waals surface area (Å²) in [7, 11) is 1.50. The standard InChI is InChI=1S/C12H16FNO/c1-15-12-8-10(2-3-11(12)13)9-4-6-14-7-5-9/h2-3,8-9,14H,4-7H2,1H3. The minimum absolute atomic E-state index is 0.282. The van der Waals surface area contributed by atoms with Crippen molar-refractivity contribution in [2.75, 3.05) is 20.2 Å². The maximum absolute atomic E-state index is 13.2. The van der Waals surface area contributed by atoms with Gasteiger partial charge in [-0.25, -0.2) is 4.39 Å². The molecule has 0 amide bonds. The lowest BCUT2D eigenvalue weighted by Gasteiger charge is -2.23. The molecule has 82 valence electrons. The van der Waals surface area contributed by atoms with E-state index >= 15 is 0 Å². The summed E-state index contributed by atoms with van der Waals surface area (Å²) in [5, 5.41) is 3.32. The molecule has 0 saturated carbocycles. The Bertz CT molecular complexity index is 334. The molecular formula is C12H16FNO. The van der Waals surface area contributed by atoms with Crippen LogP contribution in [0.2, 0.25) is 0 Å². The summed E-state index contributed by atoms with van der Waals surface area (Å²) in [6.07, 6.45) is 2.24. The van der Waals surface area contributed by atoms with Crippen molar-refractivity contribution in [3.8, 4) is 5.75 Å². The fourth-order valence-electron chi connectivity index (χ4n) is 2.09. The monoisotopic (exact) mass is 209 g/mol. The minimum atomic E-state index is -0.282. The van der Waals surface area contributed by atoms with Crippen LogP contribution in [0.5, 0.6) is 5.75 Å². The Morgan fingerprint density at radius 2 is 2.07 bits per heavy atom. The molecular weight excluding hydrogens is 193 g/mol. The maximum Gasteiger partial charge on any atom is 0.165 e. The Balaban J connectivity index is 2.20. The number of halogens is 1. The van der Waals surface area contributed by atoms with Gasteiger partial charge in [0.1, 0.15) is 0 Å². The summed E-state index contributed by atoms with van der Waals surface area (Å²) < 4.78 is 18.2. The molecule has 1 aromatic rings. The lowest BCUT2D eigenvalue weighted by molar-refractivity contribution is 0.383. The van der Waals surface area contributed by atoms with E-state index in [0.29, 0.717) is 11.7 Å². The normalized spacial score (nSPS) is 17.7. The first-order valence-corrected chi connectivity index (χ1v) is 5.35. The third-order valence-electron chi connectivity index (χ3n) is 2.99. The third kappa shape index (κ3) is 2.29. The van der Waals surface area contributed by atoms with Crippen LogP contribution in [-0.2, 0) is 0 Å². The topological polar surface area (TPSA) is 21.3 Å². The number of benzene rings is 1. The molecule has 1 aliphatic heterocycles. The molecule has 1 N–H and O–H groups in total. The molecule has 0 aliphatic carbocycles. The van der Waals surface area contributed by atoms with Crippen LogP contribution in [0.15, 0.2) is 18.2 Å². The molecule has 0 atom stereocenters. The van der Waals surface area contributed by atoms with Gasteiger partial charge >= 0.3 is 0 Å². The fourth-order valence-corrected chi connectivity index (χ4v) is 2.09. The van der Waals surface area contributed by atoms with Crippen LogP contribution < -0.4 is 10.1 Å². The lowest BCUT2D eigenvalue weighted by atomic mass is 9.90. The molecule has 0 radical (unpaired) electrons. The summed E-state index contributed by atoms with van der Waals surface area (Å²) in [6.45, 7) is 2.09. The second-order valence-corrected chi connectivity index (χ2v) is 3.92. The largest absolute Gasteiger partial charge is 0.494 e. The van der Waals surface area contributed by atoms with Gasteiger partial charge < -0.3 is 10.1 Å². The van der Waals surface area contributed by atoms with Crippen LogP contribution in [0.25, 0.3) is 0 Å². The molecule has 1 heterocycles. The zero-order chi connectivity index (χ0) is 10.7. The van der Waals surface area contributed by atoms with E-state index in [1.807, 2.05) is 12.1 Å². The fraction of sp³-hybridized carbons (Fsp3) is 0.500. The van der Waals surface area contributed by atoms with Gasteiger partial charge in [0.2, 0.25) is 0 Å². The van der Waals surface area contributed by atoms with E-state index in [2.05, 4.69) is 5.32 Å². The summed E-state index contributed by atoms with van der Waals surface area (Å²) in [4.78, 5) is 0. The average molecular weight is 209 g/mol. The van der Waals surface area contributed by atoms with E-state index in [9.17, 15) is 4.39 Å². The molecule has 0 spiro atoms. The highest BCUT2D eigenvalue weighted by Crippen LogP contribution is 2.29. The predicted octanol–water partition coefficient (Wildman–Crippen LogP) is 2.30. The molecule has 15 heavy (non-hydrogen) atoms. The highest BCUT2D eigenvalue weighted by atomic mass is 19.1. The van der Waals surface area contributed by atoms with Gasteiger partial charge in [0.05, 0.1) is 7.11 Å². The average Bonchev–Trinajstić information content (AvgIpc) is 2.31. The third-order valence-corrected chi connectivity index (χ3v) is 2.99. The molecule has 3 heteroatoms. The Hall–Kier alpha value is -1.09. The Morgan fingerprint density at radius 1 is 1.33 bits per heavy atom. The van der Waals surface area contributed by atoms with E-state index in [-0.39, 0.29) is 5.82 Å². The van der Waals surface area contributed by atoms with Gasteiger partial charge in [-0.3, -0.25) is 0 Å². The maximum atomic E-state index is 13.2. The number of hydrogen-bond donors (Lipinski definition) is 1. The van der Waals surface area contributed by atoms with Crippen LogP contribution >= 0.6 is 0 Å². The van der Waals surface area contributed by atoms with Crippen molar-refractivity contribution in [2.45, 2.75) is 18.8 Å². The SMILES string of the molecule is COc1cc(C2CCNCC2)ccc1F. The summed E-state index contributed by atoms with van der Waals surface area (Å²) in [5.41, 5.74) is 1.19. The van der Waals surface area contributed by atoms with Crippen LogP contribution in [0.1, 0.15) is 24.3 Å². The van der Waals surface area contributed by atoms with Crippen molar-refractivity contribution in [3.05, 3.63) is 29.6 Å². The molecule has 1 fully saturated rings. The number of ether oxygens (including phenoxy) is 1. The number of rotatable bonds is 2.